The number of hydrogen-bond donors (Lipinski definition) is 2. The van der Waals surface area contributed by atoms with Gasteiger partial charge in [0.15, 0.2) is 11.5 Å². The molecule has 0 aliphatic rings. The molecule has 4 rings (SSSR count). The van der Waals surface area contributed by atoms with Crippen molar-refractivity contribution < 1.29 is 5.11 Å². The number of phenolic OH excluding ortho intramolecular Hbond substituents is 1. The van der Waals surface area contributed by atoms with Gasteiger partial charge < -0.3 is 5.11 Å². The van der Waals surface area contributed by atoms with E-state index in [1.165, 1.54) is 0 Å². The van der Waals surface area contributed by atoms with Crippen LogP contribution in [0.25, 0.3) is 16.4 Å². The Hall–Kier alpha value is -3.48. The second kappa shape index (κ2) is 5.38. The van der Waals surface area contributed by atoms with Crippen LogP contribution in [0, 0.1) is 0 Å². The zero-order valence-corrected chi connectivity index (χ0v) is 12.0. The highest BCUT2D eigenvalue weighted by atomic mass is 16.3. The number of phenols is 1. The smallest absolute Gasteiger partial charge is 0.185 e. The number of aromatic hydroxyl groups is 1. The molecule has 2 heterocycles. The van der Waals surface area contributed by atoms with E-state index in [1.54, 1.807) is 41.3 Å². The van der Waals surface area contributed by atoms with E-state index in [0.29, 0.717) is 11.5 Å². The summed E-state index contributed by atoms with van der Waals surface area (Å²) in [5.41, 5.74) is 4.52. The number of anilines is 1. The standard InChI is InChI=1S/C16H12N6O/c23-12-7-5-11(6-8-12)9-17-19-15-13-3-1-2-4-14(13)16-20-18-10-22(16)21-15/h1-10,23H,(H,19,21)/b17-9+. The average Bonchev–Trinajstić information content (AvgIpc) is 3.05. The fourth-order valence-electron chi connectivity index (χ4n) is 2.34. The maximum atomic E-state index is 9.27. The molecule has 0 saturated carbocycles. The summed E-state index contributed by atoms with van der Waals surface area (Å²) in [5, 5.41) is 27.8. The number of hydrogen-bond acceptors (Lipinski definition) is 6. The minimum absolute atomic E-state index is 0.223. The Balaban J connectivity index is 1.71. The van der Waals surface area contributed by atoms with E-state index in [4.69, 9.17) is 0 Å². The average molecular weight is 304 g/mol. The van der Waals surface area contributed by atoms with Crippen LogP contribution in [0.3, 0.4) is 0 Å². The number of benzene rings is 2. The van der Waals surface area contributed by atoms with Gasteiger partial charge in [0, 0.05) is 10.8 Å². The van der Waals surface area contributed by atoms with E-state index in [9.17, 15) is 5.11 Å². The van der Waals surface area contributed by atoms with Gasteiger partial charge in [-0.2, -0.15) is 9.62 Å². The first-order valence-corrected chi connectivity index (χ1v) is 6.98. The Morgan fingerprint density at radius 2 is 1.83 bits per heavy atom. The van der Waals surface area contributed by atoms with E-state index < -0.39 is 0 Å². The van der Waals surface area contributed by atoms with Gasteiger partial charge in [-0.25, -0.2) is 0 Å². The van der Waals surface area contributed by atoms with E-state index >= 15 is 0 Å². The molecule has 4 aromatic rings. The van der Waals surface area contributed by atoms with Crippen molar-refractivity contribution in [3.8, 4) is 5.75 Å². The molecule has 0 aliphatic heterocycles. The SMILES string of the molecule is Oc1ccc(/C=N/Nc2nn3cnnc3c3ccccc23)cc1. The monoisotopic (exact) mass is 304 g/mol. The van der Waals surface area contributed by atoms with Crippen LogP contribution in [0.2, 0.25) is 0 Å². The summed E-state index contributed by atoms with van der Waals surface area (Å²) in [6.45, 7) is 0. The normalized spacial score (nSPS) is 11.5. The number of nitrogens with one attached hydrogen (secondary N) is 1. The van der Waals surface area contributed by atoms with Crippen molar-refractivity contribution >= 4 is 28.5 Å². The third kappa shape index (κ3) is 2.44. The first-order valence-electron chi connectivity index (χ1n) is 6.98. The maximum absolute atomic E-state index is 9.27. The number of hydrazone groups is 1. The largest absolute Gasteiger partial charge is 0.508 e. The van der Waals surface area contributed by atoms with Crippen molar-refractivity contribution in [2.45, 2.75) is 0 Å². The van der Waals surface area contributed by atoms with Crippen LogP contribution in [-0.2, 0) is 0 Å². The molecular formula is C16H12N6O. The molecule has 0 fully saturated rings. The summed E-state index contributed by atoms with van der Waals surface area (Å²) >= 11 is 0. The van der Waals surface area contributed by atoms with Crippen LogP contribution in [-0.4, -0.2) is 31.1 Å². The van der Waals surface area contributed by atoms with Crippen molar-refractivity contribution in [3.63, 3.8) is 0 Å². The van der Waals surface area contributed by atoms with Crippen LogP contribution >= 0.6 is 0 Å². The Bertz CT molecular complexity index is 1010. The van der Waals surface area contributed by atoms with E-state index in [1.807, 2.05) is 24.3 Å². The molecule has 2 aromatic heterocycles. The predicted molar refractivity (Wildman–Crippen MR) is 87.6 cm³/mol. The second-order valence-corrected chi connectivity index (χ2v) is 4.95. The molecule has 0 unspecified atom stereocenters. The predicted octanol–water partition coefficient (Wildman–Crippen LogP) is 2.43. The van der Waals surface area contributed by atoms with Gasteiger partial charge in [0.1, 0.15) is 12.1 Å². The number of aromatic nitrogens is 4. The molecule has 7 nitrogen and oxygen atoms in total. The minimum atomic E-state index is 0.223. The van der Waals surface area contributed by atoms with Crippen LogP contribution in [0.1, 0.15) is 5.56 Å². The lowest BCUT2D eigenvalue weighted by atomic mass is 10.2. The molecule has 112 valence electrons. The highest BCUT2D eigenvalue weighted by molar-refractivity contribution is 5.99. The lowest BCUT2D eigenvalue weighted by Crippen LogP contribution is -2.00. The first-order chi connectivity index (χ1) is 11.3. The van der Waals surface area contributed by atoms with Crippen LogP contribution in [0.4, 0.5) is 5.82 Å². The van der Waals surface area contributed by atoms with E-state index in [0.717, 1.165) is 16.3 Å². The fourth-order valence-corrected chi connectivity index (χ4v) is 2.34. The zero-order valence-electron chi connectivity index (χ0n) is 12.0. The van der Waals surface area contributed by atoms with E-state index in [2.05, 4.69) is 25.8 Å². The highest BCUT2D eigenvalue weighted by Gasteiger charge is 2.08. The summed E-state index contributed by atoms with van der Waals surface area (Å²) in [6.07, 6.45) is 3.21. The molecular weight excluding hydrogens is 292 g/mol. The number of rotatable bonds is 3. The van der Waals surface area contributed by atoms with Gasteiger partial charge in [-0.05, 0) is 29.8 Å². The van der Waals surface area contributed by atoms with Crippen molar-refractivity contribution in [3.05, 3.63) is 60.4 Å². The Morgan fingerprint density at radius 1 is 1.04 bits per heavy atom. The van der Waals surface area contributed by atoms with Crippen molar-refractivity contribution in [1.82, 2.24) is 19.8 Å². The summed E-state index contributed by atoms with van der Waals surface area (Å²) < 4.78 is 1.61. The summed E-state index contributed by atoms with van der Waals surface area (Å²) in [5.74, 6) is 0.837. The summed E-state index contributed by atoms with van der Waals surface area (Å²) in [4.78, 5) is 0. The van der Waals surface area contributed by atoms with Gasteiger partial charge >= 0.3 is 0 Å². The molecule has 0 radical (unpaired) electrons. The van der Waals surface area contributed by atoms with Gasteiger partial charge in [0.05, 0.1) is 6.21 Å². The number of fused-ring (bicyclic) bond motifs is 3. The minimum Gasteiger partial charge on any atom is -0.508 e. The molecule has 0 spiro atoms. The van der Waals surface area contributed by atoms with E-state index in [-0.39, 0.29) is 5.75 Å². The molecule has 0 bridgehead atoms. The molecule has 7 heteroatoms. The number of nitrogens with zero attached hydrogens (tertiary/aromatic N) is 5. The second-order valence-electron chi connectivity index (χ2n) is 4.95. The summed E-state index contributed by atoms with van der Waals surface area (Å²) in [6, 6.07) is 14.6. The molecule has 0 atom stereocenters. The Labute approximate surface area is 130 Å². The van der Waals surface area contributed by atoms with Gasteiger partial charge in [0.2, 0.25) is 0 Å². The third-order valence-electron chi connectivity index (χ3n) is 3.44. The fraction of sp³-hybridized carbons (Fsp3) is 0. The van der Waals surface area contributed by atoms with Gasteiger partial charge in [-0.15, -0.1) is 15.3 Å². The quantitative estimate of drug-likeness (QED) is 0.448. The molecule has 0 amide bonds. The Kier molecular flexibility index (Phi) is 3.09. The van der Waals surface area contributed by atoms with Gasteiger partial charge in [0.25, 0.3) is 0 Å². The molecule has 2 N–H and O–H groups in total. The third-order valence-corrected chi connectivity index (χ3v) is 3.44. The maximum Gasteiger partial charge on any atom is 0.185 e. The van der Waals surface area contributed by atoms with Crippen LogP contribution in [0.5, 0.6) is 5.75 Å². The molecule has 0 saturated heterocycles. The van der Waals surface area contributed by atoms with Gasteiger partial charge in [-0.3, -0.25) is 5.43 Å². The van der Waals surface area contributed by atoms with Crippen LogP contribution < -0.4 is 5.43 Å². The van der Waals surface area contributed by atoms with Crippen molar-refractivity contribution in [2.24, 2.45) is 5.10 Å². The van der Waals surface area contributed by atoms with Gasteiger partial charge in [-0.1, -0.05) is 24.3 Å². The molecule has 0 aliphatic carbocycles. The highest BCUT2D eigenvalue weighted by Crippen LogP contribution is 2.23. The lowest BCUT2D eigenvalue weighted by molar-refractivity contribution is 0.475. The van der Waals surface area contributed by atoms with Crippen molar-refractivity contribution in [1.29, 1.82) is 0 Å². The lowest BCUT2D eigenvalue weighted by Gasteiger charge is -2.05. The molecule has 2 aromatic carbocycles. The van der Waals surface area contributed by atoms with Crippen molar-refractivity contribution in [2.75, 3.05) is 5.43 Å². The first kappa shape index (κ1) is 13.2. The van der Waals surface area contributed by atoms with Crippen LogP contribution in [0.15, 0.2) is 60.0 Å². The molecule has 23 heavy (non-hydrogen) atoms. The topological polar surface area (TPSA) is 87.7 Å². The zero-order chi connectivity index (χ0) is 15.6. The summed E-state index contributed by atoms with van der Waals surface area (Å²) in [7, 11) is 0. The Morgan fingerprint density at radius 3 is 2.65 bits per heavy atom.